The van der Waals surface area contributed by atoms with Crippen LogP contribution in [0.3, 0.4) is 0 Å². The standard InChI is InChI=1S/C15H12FNO4/c16-11-5-6-13(17)12(7-11)15(20)21-8-9-1-3-10(4-2-9)14(18)19/h1-7H,8,17H2,(H,18,19). The first-order valence-corrected chi connectivity index (χ1v) is 6.02. The summed E-state index contributed by atoms with van der Waals surface area (Å²) in [6.45, 7) is -0.0608. The predicted octanol–water partition coefficient (Wildman–Crippen LogP) is 2.46. The topological polar surface area (TPSA) is 89.6 Å². The molecule has 0 heterocycles. The third-order valence-electron chi connectivity index (χ3n) is 2.81. The fourth-order valence-corrected chi connectivity index (χ4v) is 1.68. The number of anilines is 1. The number of benzene rings is 2. The van der Waals surface area contributed by atoms with Crippen LogP contribution in [0.25, 0.3) is 0 Å². The van der Waals surface area contributed by atoms with E-state index in [1.165, 1.54) is 30.3 Å². The molecule has 0 radical (unpaired) electrons. The third kappa shape index (κ3) is 3.56. The lowest BCUT2D eigenvalue weighted by atomic mass is 10.1. The van der Waals surface area contributed by atoms with Gasteiger partial charge in [0.1, 0.15) is 12.4 Å². The molecule has 2 aromatic carbocycles. The van der Waals surface area contributed by atoms with Crippen molar-refractivity contribution in [3.05, 3.63) is 65.0 Å². The summed E-state index contributed by atoms with van der Waals surface area (Å²) in [5, 5.41) is 8.76. The van der Waals surface area contributed by atoms with Crippen LogP contribution in [-0.4, -0.2) is 17.0 Å². The second-order valence-electron chi connectivity index (χ2n) is 4.31. The molecule has 0 aliphatic carbocycles. The van der Waals surface area contributed by atoms with Crippen LogP contribution >= 0.6 is 0 Å². The summed E-state index contributed by atoms with van der Waals surface area (Å²) in [5.74, 6) is -2.36. The summed E-state index contributed by atoms with van der Waals surface area (Å²) in [6.07, 6.45) is 0. The number of esters is 1. The van der Waals surface area contributed by atoms with Gasteiger partial charge in [-0.1, -0.05) is 12.1 Å². The Bertz CT molecular complexity index is 683. The molecule has 0 fully saturated rings. The number of nitrogen functional groups attached to an aromatic ring is 1. The highest BCUT2D eigenvalue weighted by atomic mass is 19.1. The van der Waals surface area contributed by atoms with E-state index < -0.39 is 17.8 Å². The van der Waals surface area contributed by atoms with E-state index in [2.05, 4.69) is 0 Å². The molecule has 6 heteroatoms. The molecule has 0 aliphatic heterocycles. The Morgan fingerprint density at radius 1 is 1.14 bits per heavy atom. The number of carbonyl (C=O) groups is 2. The molecular weight excluding hydrogens is 277 g/mol. The van der Waals surface area contributed by atoms with Gasteiger partial charge >= 0.3 is 11.9 Å². The molecule has 2 aromatic rings. The zero-order chi connectivity index (χ0) is 15.4. The second-order valence-corrected chi connectivity index (χ2v) is 4.31. The minimum atomic E-state index is -1.04. The third-order valence-corrected chi connectivity index (χ3v) is 2.81. The zero-order valence-electron chi connectivity index (χ0n) is 10.9. The van der Waals surface area contributed by atoms with Gasteiger partial charge in [-0.25, -0.2) is 14.0 Å². The van der Waals surface area contributed by atoms with Gasteiger partial charge in [-0.3, -0.25) is 0 Å². The predicted molar refractivity (Wildman–Crippen MR) is 73.3 cm³/mol. The summed E-state index contributed by atoms with van der Waals surface area (Å²) < 4.78 is 18.1. The van der Waals surface area contributed by atoms with Crippen LogP contribution in [0.2, 0.25) is 0 Å². The molecule has 0 spiro atoms. The smallest absolute Gasteiger partial charge is 0.340 e. The molecule has 5 nitrogen and oxygen atoms in total. The fourth-order valence-electron chi connectivity index (χ4n) is 1.68. The van der Waals surface area contributed by atoms with Crippen LogP contribution in [0.15, 0.2) is 42.5 Å². The first-order valence-electron chi connectivity index (χ1n) is 6.02. The average molecular weight is 289 g/mol. The molecule has 0 unspecified atom stereocenters. The molecule has 0 aromatic heterocycles. The van der Waals surface area contributed by atoms with Gasteiger partial charge < -0.3 is 15.6 Å². The number of ether oxygens (including phenoxy) is 1. The van der Waals surface area contributed by atoms with E-state index in [4.69, 9.17) is 15.6 Å². The minimum absolute atomic E-state index is 0.0443. The number of rotatable bonds is 4. The van der Waals surface area contributed by atoms with Crippen molar-refractivity contribution in [2.75, 3.05) is 5.73 Å². The summed E-state index contributed by atoms with van der Waals surface area (Å²) >= 11 is 0. The van der Waals surface area contributed by atoms with Crippen molar-refractivity contribution in [1.82, 2.24) is 0 Å². The largest absolute Gasteiger partial charge is 0.478 e. The SMILES string of the molecule is Nc1ccc(F)cc1C(=O)OCc1ccc(C(=O)O)cc1. The van der Waals surface area contributed by atoms with E-state index in [0.717, 1.165) is 12.1 Å². The van der Waals surface area contributed by atoms with Crippen LogP contribution < -0.4 is 5.73 Å². The summed E-state index contributed by atoms with van der Waals surface area (Å²) in [4.78, 5) is 22.5. The first-order chi connectivity index (χ1) is 9.97. The highest BCUT2D eigenvalue weighted by Crippen LogP contribution is 2.15. The lowest BCUT2D eigenvalue weighted by Gasteiger charge is -2.07. The van der Waals surface area contributed by atoms with Crippen molar-refractivity contribution in [1.29, 1.82) is 0 Å². The van der Waals surface area contributed by atoms with Gasteiger partial charge in [0, 0.05) is 5.69 Å². The van der Waals surface area contributed by atoms with Crippen LogP contribution in [0, 0.1) is 5.82 Å². The lowest BCUT2D eigenvalue weighted by molar-refractivity contribution is 0.0472. The Kier molecular flexibility index (Phi) is 4.18. The van der Waals surface area contributed by atoms with E-state index >= 15 is 0 Å². The molecule has 0 saturated heterocycles. The van der Waals surface area contributed by atoms with Gasteiger partial charge in [-0.15, -0.1) is 0 Å². The van der Waals surface area contributed by atoms with Crippen molar-refractivity contribution in [2.24, 2.45) is 0 Å². The van der Waals surface area contributed by atoms with Gasteiger partial charge in [0.25, 0.3) is 0 Å². The maximum absolute atomic E-state index is 13.1. The normalized spacial score (nSPS) is 10.1. The van der Waals surface area contributed by atoms with Crippen molar-refractivity contribution in [3.63, 3.8) is 0 Å². The van der Waals surface area contributed by atoms with Gasteiger partial charge in [0.05, 0.1) is 11.1 Å². The number of nitrogens with two attached hydrogens (primary N) is 1. The van der Waals surface area contributed by atoms with Crippen molar-refractivity contribution in [2.45, 2.75) is 6.61 Å². The first kappa shape index (κ1) is 14.5. The highest BCUT2D eigenvalue weighted by Gasteiger charge is 2.12. The lowest BCUT2D eigenvalue weighted by Crippen LogP contribution is -2.09. The maximum Gasteiger partial charge on any atom is 0.340 e. The number of carboxylic acid groups (broad SMARTS) is 1. The number of aromatic carboxylic acids is 1. The van der Waals surface area contributed by atoms with Crippen LogP contribution in [-0.2, 0) is 11.3 Å². The van der Waals surface area contributed by atoms with E-state index in [1.54, 1.807) is 0 Å². The minimum Gasteiger partial charge on any atom is -0.478 e. The van der Waals surface area contributed by atoms with E-state index in [0.29, 0.717) is 5.56 Å². The number of hydrogen-bond acceptors (Lipinski definition) is 4. The summed E-state index contributed by atoms with van der Waals surface area (Å²) in [7, 11) is 0. The van der Waals surface area contributed by atoms with Gasteiger partial charge in [-0.2, -0.15) is 0 Å². The molecule has 108 valence electrons. The number of hydrogen-bond donors (Lipinski definition) is 2. The van der Waals surface area contributed by atoms with Gasteiger partial charge in [-0.05, 0) is 35.9 Å². The van der Waals surface area contributed by atoms with E-state index in [1.807, 2.05) is 0 Å². The molecule has 0 bridgehead atoms. The molecule has 0 amide bonds. The fraction of sp³-hybridized carbons (Fsp3) is 0.0667. The average Bonchev–Trinajstić information content (AvgIpc) is 2.47. The Morgan fingerprint density at radius 3 is 2.43 bits per heavy atom. The Morgan fingerprint density at radius 2 is 1.81 bits per heavy atom. The zero-order valence-corrected chi connectivity index (χ0v) is 10.9. The Balaban J connectivity index is 2.04. The molecule has 2 rings (SSSR count). The number of carbonyl (C=O) groups excluding carboxylic acids is 1. The van der Waals surface area contributed by atoms with Crippen molar-refractivity contribution in [3.8, 4) is 0 Å². The van der Waals surface area contributed by atoms with Gasteiger partial charge in [0.15, 0.2) is 0 Å². The molecule has 21 heavy (non-hydrogen) atoms. The summed E-state index contributed by atoms with van der Waals surface area (Å²) in [5.41, 5.74) is 6.42. The Labute approximate surface area is 119 Å². The Hall–Kier alpha value is -2.89. The van der Waals surface area contributed by atoms with E-state index in [-0.39, 0.29) is 23.4 Å². The maximum atomic E-state index is 13.1. The van der Waals surface area contributed by atoms with E-state index in [9.17, 15) is 14.0 Å². The summed E-state index contributed by atoms with van der Waals surface area (Å²) in [6, 6.07) is 9.32. The van der Waals surface area contributed by atoms with Crippen LogP contribution in [0.4, 0.5) is 10.1 Å². The number of carboxylic acids is 1. The highest BCUT2D eigenvalue weighted by molar-refractivity contribution is 5.95. The monoisotopic (exact) mass is 289 g/mol. The van der Waals surface area contributed by atoms with Gasteiger partial charge in [0.2, 0.25) is 0 Å². The quantitative estimate of drug-likeness (QED) is 0.666. The van der Waals surface area contributed by atoms with Crippen LogP contribution in [0.5, 0.6) is 0 Å². The van der Waals surface area contributed by atoms with Crippen molar-refractivity contribution < 1.29 is 23.8 Å². The molecule has 0 atom stereocenters. The molecule has 0 aliphatic rings. The molecule has 3 N–H and O–H groups in total. The van der Waals surface area contributed by atoms with Crippen LogP contribution in [0.1, 0.15) is 26.3 Å². The second kappa shape index (κ2) is 6.04. The molecule has 0 saturated carbocycles. The number of halogens is 1. The molecular formula is C15H12FNO4. The van der Waals surface area contributed by atoms with Crippen molar-refractivity contribution >= 4 is 17.6 Å².